The Kier molecular flexibility index (Phi) is 11.7. The van der Waals surface area contributed by atoms with Crippen molar-refractivity contribution >= 4 is 36.4 Å². The molecule has 3 aromatic rings. The van der Waals surface area contributed by atoms with Crippen molar-refractivity contribution in [3.05, 3.63) is 36.2 Å². The Morgan fingerprint density at radius 1 is 1.12 bits per heavy atom. The zero-order valence-electron chi connectivity index (χ0n) is 23.2. The summed E-state index contributed by atoms with van der Waals surface area (Å²) in [7, 11) is -4.11. The Hall–Kier alpha value is -3.25. The number of benzene rings is 1. The molecule has 0 spiro atoms. The molecule has 220 valence electrons. The van der Waals surface area contributed by atoms with Crippen LogP contribution in [-0.4, -0.2) is 55.4 Å². The first-order chi connectivity index (χ1) is 19.1. The summed E-state index contributed by atoms with van der Waals surface area (Å²) in [5.41, 5.74) is 19.2. The van der Waals surface area contributed by atoms with Gasteiger partial charge in [-0.1, -0.05) is 51.2 Å². The van der Waals surface area contributed by atoms with Gasteiger partial charge in [0.15, 0.2) is 17.8 Å². The number of nitrogens with two attached hydrogens (primary N) is 3. The van der Waals surface area contributed by atoms with Crippen LogP contribution in [0.2, 0.25) is 0 Å². The molecule has 0 radical (unpaired) electrons. The van der Waals surface area contributed by atoms with Gasteiger partial charge >= 0.3 is 7.60 Å². The lowest BCUT2D eigenvalue weighted by molar-refractivity contribution is -0.122. The number of aromatic nitrogens is 4. The highest BCUT2D eigenvalue weighted by atomic mass is 31.2. The van der Waals surface area contributed by atoms with E-state index in [1.165, 1.54) is 32.0 Å². The molecule has 0 aliphatic heterocycles. The number of carbonyl (C=O) groups is 1. The molecule has 40 heavy (non-hydrogen) atoms. The first kappa shape index (κ1) is 31.3. The molecule has 1 aromatic carbocycles. The van der Waals surface area contributed by atoms with Crippen LogP contribution in [0.1, 0.15) is 57.9 Å². The van der Waals surface area contributed by atoms with Crippen molar-refractivity contribution in [1.29, 1.82) is 0 Å². The van der Waals surface area contributed by atoms with Gasteiger partial charge in [-0.05, 0) is 37.5 Å². The topological polar surface area (TPSA) is 207 Å². The van der Waals surface area contributed by atoms with Crippen molar-refractivity contribution in [3.63, 3.8) is 0 Å². The third-order valence-electron chi connectivity index (χ3n) is 6.28. The second-order valence-electron chi connectivity index (χ2n) is 9.88. The van der Waals surface area contributed by atoms with Gasteiger partial charge in [0.05, 0.1) is 25.0 Å². The number of unbranched alkanes of at least 4 members (excludes halogenated alkanes) is 5. The fourth-order valence-corrected chi connectivity index (χ4v) is 5.09. The Bertz CT molecular complexity index is 1290. The fourth-order valence-electron chi connectivity index (χ4n) is 4.14. The third-order valence-corrected chi connectivity index (χ3v) is 7.25. The number of hydrogen-bond acceptors (Lipinski definition) is 10. The van der Waals surface area contributed by atoms with Gasteiger partial charge in [-0.2, -0.15) is 9.97 Å². The molecule has 0 aliphatic carbocycles. The van der Waals surface area contributed by atoms with E-state index in [1.807, 2.05) is 0 Å². The zero-order valence-corrected chi connectivity index (χ0v) is 24.1. The van der Waals surface area contributed by atoms with Gasteiger partial charge in [-0.25, -0.2) is 9.55 Å². The van der Waals surface area contributed by atoms with Crippen molar-refractivity contribution in [2.45, 2.75) is 77.5 Å². The largest absolute Gasteiger partial charge is 0.423 e. The first-order valence-electron chi connectivity index (χ1n) is 13.6. The number of imidazole rings is 1. The minimum atomic E-state index is -4.11. The summed E-state index contributed by atoms with van der Waals surface area (Å²) >= 11 is 0. The molecular weight excluding hydrogens is 535 g/mol. The number of hydrogen-bond donors (Lipinski definition) is 5. The molecule has 0 aliphatic rings. The van der Waals surface area contributed by atoms with Crippen molar-refractivity contribution in [2.24, 2.45) is 5.73 Å². The fraction of sp³-hybridized carbons (Fsp3) is 0.538. The maximum absolute atomic E-state index is 12.6. The quantitative estimate of drug-likeness (QED) is 0.117. The maximum Gasteiger partial charge on any atom is 0.402 e. The molecular formula is C26H41N8O5P. The van der Waals surface area contributed by atoms with Crippen molar-refractivity contribution in [3.8, 4) is 5.75 Å². The summed E-state index contributed by atoms with van der Waals surface area (Å²) in [5.74, 6) is 0.203. The van der Waals surface area contributed by atoms with Crippen LogP contribution in [0.25, 0.3) is 11.2 Å². The average Bonchev–Trinajstić information content (AvgIpc) is 3.30. The van der Waals surface area contributed by atoms with Crippen LogP contribution in [0, 0.1) is 0 Å². The van der Waals surface area contributed by atoms with Gasteiger partial charge in [0.25, 0.3) is 0 Å². The number of anilines is 2. The summed E-state index contributed by atoms with van der Waals surface area (Å²) in [6, 6.07) is 5.87. The van der Waals surface area contributed by atoms with Crippen LogP contribution in [0.5, 0.6) is 5.75 Å². The van der Waals surface area contributed by atoms with Crippen LogP contribution < -0.4 is 27.0 Å². The van der Waals surface area contributed by atoms with Gasteiger partial charge < -0.3 is 41.2 Å². The number of fused-ring (bicyclic) bond motifs is 1. The monoisotopic (exact) mass is 576 g/mol. The molecule has 3 rings (SSSR count). The van der Waals surface area contributed by atoms with E-state index in [4.69, 9.17) is 26.5 Å². The standard InChI is InChI=1S/C26H41N8O5P/c1-3-4-5-6-7-8-13-30-25(35)21(27)14-19-9-11-20(12-10-19)39-40(36,37)17-38-18(2)15-34-16-31-22-23(28)32-26(29)33-24(22)34/h9-12,16,18,21H,3-8,13-15,17,27H2,1-2H3,(H,30,35)(H,36,37)(H4,28,29,32,33)/t18-,21?/m1/s1. The minimum absolute atomic E-state index is 0.0216. The summed E-state index contributed by atoms with van der Waals surface area (Å²) < 4.78 is 25.2. The van der Waals surface area contributed by atoms with Gasteiger partial charge in [-0.3, -0.25) is 4.79 Å². The lowest BCUT2D eigenvalue weighted by Crippen LogP contribution is -2.42. The van der Waals surface area contributed by atoms with Crippen LogP contribution in [0.3, 0.4) is 0 Å². The van der Waals surface area contributed by atoms with Crippen molar-refractivity contribution < 1.29 is 23.5 Å². The molecule has 2 aromatic heterocycles. The number of carbonyl (C=O) groups excluding carboxylic acids is 1. The molecule has 3 atom stereocenters. The highest BCUT2D eigenvalue weighted by Gasteiger charge is 2.24. The second kappa shape index (κ2) is 14.9. The molecule has 14 heteroatoms. The van der Waals surface area contributed by atoms with Crippen LogP contribution >= 0.6 is 7.60 Å². The SMILES string of the molecule is CCCCCCCCNC(=O)C(N)Cc1ccc(OP(=O)(O)CO[C@H](C)Cn2cnc3c(N)nc(N)nc32)cc1. The lowest BCUT2D eigenvalue weighted by atomic mass is 10.1. The van der Waals surface area contributed by atoms with Gasteiger partial charge in [0.2, 0.25) is 11.9 Å². The van der Waals surface area contributed by atoms with E-state index in [2.05, 4.69) is 27.2 Å². The lowest BCUT2D eigenvalue weighted by Gasteiger charge is -2.18. The predicted molar refractivity (Wildman–Crippen MR) is 155 cm³/mol. The molecule has 0 bridgehead atoms. The second-order valence-corrected chi connectivity index (χ2v) is 11.6. The van der Waals surface area contributed by atoms with E-state index in [9.17, 15) is 14.3 Å². The third kappa shape index (κ3) is 9.74. The highest BCUT2D eigenvalue weighted by Crippen LogP contribution is 2.42. The van der Waals surface area contributed by atoms with Crippen molar-refractivity contribution in [2.75, 3.05) is 24.4 Å². The Morgan fingerprint density at radius 3 is 2.55 bits per heavy atom. The Balaban J connectivity index is 1.41. The molecule has 1 amide bonds. The molecule has 2 heterocycles. The first-order valence-corrected chi connectivity index (χ1v) is 15.3. The summed E-state index contributed by atoms with van der Waals surface area (Å²) in [4.78, 5) is 34.8. The molecule has 2 unspecified atom stereocenters. The van der Waals surface area contributed by atoms with E-state index >= 15 is 0 Å². The van der Waals surface area contributed by atoms with Crippen molar-refractivity contribution in [1.82, 2.24) is 24.8 Å². The number of rotatable bonds is 17. The maximum atomic E-state index is 12.6. The molecule has 0 fully saturated rings. The average molecular weight is 577 g/mol. The van der Waals surface area contributed by atoms with Gasteiger partial charge in [0, 0.05) is 6.54 Å². The van der Waals surface area contributed by atoms with Gasteiger partial charge in [-0.15, -0.1) is 0 Å². The Labute approximate surface area is 234 Å². The molecule has 8 N–H and O–H groups in total. The van der Waals surface area contributed by atoms with E-state index in [1.54, 1.807) is 35.8 Å². The highest BCUT2D eigenvalue weighted by molar-refractivity contribution is 7.53. The molecule has 0 saturated heterocycles. The van der Waals surface area contributed by atoms with Crippen LogP contribution in [-0.2, 0) is 27.1 Å². The summed E-state index contributed by atoms with van der Waals surface area (Å²) in [6.45, 7) is 4.83. The zero-order chi connectivity index (χ0) is 29.1. The van der Waals surface area contributed by atoms with E-state index in [-0.39, 0.29) is 30.0 Å². The number of nitrogen functional groups attached to an aromatic ring is 2. The number of nitrogens with one attached hydrogen (secondary N) is 1. The number of nitrogens with zero attached hydrogens (tertiary/aromatic N) is 4. The molecule has 0 saturated carbocycles. The predicted octanol–water partition coefficient (Wildman–Crippen LogP) is 2.96. The Morgan fingerprint density at radius 2 is 1.82 bits per heavy atom. The van der Waals surface area contributed by atoms with E-state index in [0.717, 1.165) is 18.4 Å². The van der Waals surface area contributed by atoms with E-state index in [0.29, 0.717) is 24.1 Å². The summed E-state index contributed by atoms with van der Waals surface area (Å²) in [6.07, 6.45) is 7.77. The smallest absolute Gasteiger partial charge is 0.402 e. The van der Waals surface area contributed by atoms with E-state index < -0.39 is 26.1 Å². The number of amides is 1. The van der Waals surface area contributed by atoms with Crippen LogP contribution in [0.4, 0.5) is 11.8 Å². The molecule has 13 nitrogen and oxygen atoms in total. The van der Waals surface area contributed by atoms with Gasteiger partial charge in [0.1, 0.15) is 11.3 Å². The number of ether oxygens (including phenoxy) is 1. The summed E-state index contributed by atoms with van der Waals surface area (Å²) in [5, 5.41) is 2.89. The normalized spacial score (nSPS) is 14.5. The van der Waals surface area contributed by atoms with Crippen LogP contribution in [0.15, 0.2) is 30.6 Å². The minimum Gasteiger partial charge on any atom is -0.423 e.